The van der Waals surface area contributed by atoms with Gasteiger partial charge in [-0.2, -0.15) is 0 Å². The summed E-state index contributed by atoms with van der Waals surface area (Å²) in [5.41, 5.74) is 0.500. The van der Waals surface area contributed by atoms with Crippen molar-refractivity contribution in [3.8, 4) is 0 Å². The number of rotatable bonds is 9. The molecule has 1 aliphatic rings. The summed E-state index contributed by atoms with van der Waals surface area (Å²) in [6.07, 6.45) is -5.29. The fourth-order valence-electron chi connectivity index (χ4n) is 3.11. The lowest BCUT2D eigenvalue weighted by Gasteiger charge is -2.23. The lowest BCUT2D eigenvalue weighted by atomic mass is 10.1. The van der Waals surface area contributed by atoms with Gasteiger partial charge in [-0.25, -0.2) is 9.59 Å². The van der Waals surface area contributed by atoms with Crippen molar-refractivity contribution >= 4 is 47.1 Å². The molecular weight excluding hydrogens is 491 g/mol. The Hall–Kier alpha value is -3.14. The van der Waals surface area contributed by atoms with Crippen LogP contribution >= 0.6 is 23.2 Å². The summed E-state index contributed by atoms with van der Waals surface area (Å²) in [6.45, 7) is -0.398. The van der Waals surface area contributed by atoms with Gasteiger partial charge in [0.2, 0.25) is 12.4 Å². The van der Waals surface area contributed by atoms with E-state index in [4.69, 9.17) is 46.9 Å². The predicted octanol–water partition coefficient (Wildman–Crippen LogP) is 2.73. The third-order valence-corrected chi connectivity index (χ3v) is 5.08. The van der Waals surface area contributed by atoms with Crippen molar-refractivity contribution in [1.29, 1.82) is 0 Å². The van der Waals surface area contributed by atoms with Gasteiger partial charge in [0.25, 0.3) is 0 Å². The van der Waals surface area contributed by atoms with Crippen LogP contribution in [0.15, 0.2) is 60.7 Å². The van der Waals surface area contributed by atoms with E-state index in [1.54, 1.807) is 48.5 Å². The van der Waals surface area contributed by atoms with Gasteiger partial charge in [-0.3, -0.25) is 9.59 Å². The maximum Gasteiger partial charge on any atom is 0.338 e. The van der Waals surface area contributed by atoms with Gasteiger partial charge in [0, 0.05) is 0 Å². The molecule has 0 amide bonds. The van der Waals surface area contributed by atoms with Gasteiger partial charge in [0.1, 0.15) is 24.5 Å². The second-order valence-corrected chi connectivity index (χ2v) is 7.49. The normalized spacial score (nSPS) is 21.4. The first kappa shape index (κ1) is 25.5. The summed E-state index contributed by atoms with van der Waals surface area (Å²) in [5.74, 6) is -4.17. The highest BCUT2D eigenvalue weighted by atomic mass is 35.5. The SMILES string of the molecule is O=C(CCl)O[C@@H]1O[C@H](COC(=O)c2ccccc2)[C@@H](OC(=O)c2ccccc2)[C@@H]1OC(=O)CCl. The van der Waals surface area contributed by atoms with E-state index in [9.17, 15) is 19.2 Å². The summed E-state index contributed by atoms with van der Waals surface area (Å²) in [6, 6.07) is 16.2. The summed E-state index contributed by atoms with van der Waals surface area (Å²) in [4.78, 5) is 48.8. The van der Waals surface area contributed by atoms with E-state index in [-0.39, 0.29) is 11.1 Å². The van der Waals surface area contributed by atoms with Gasteiger partial charge in [0.05, 0.1) is 11.1 Å². The van der Waals surface area contributed by atoms with E-state index in [0.29, 0.717) is 0 Å². The summed E-state index contributed by atoms with van der Waals surface area (Å²) in [5, 5.41) is 0. The minimum Gasteiger partial charge on any atom is -0.459 e. The number of benzene rings is 2. The maximum absolute atomic E-state index is 12.7. The monoisotopic (exact) mass is 510 g/mol. The summed E-state index contributed by atoms with van der Waals surface area (Å²) in [7, 11) is 0. The summed E-state index contributed by atoms with van der Waals surface area (Å²) >= 11 is 11.1. The Balaban J connectivity index is 1.83. The molecule has 2 aromatic rings. The fourth-order valence-corrected chi connectivity index (χ4v) is 3.24. The van der Waals surface area contributed by atoms with Crippen molar-refractivity contribution in [2.45, 2.75) is 24.6 Å². The number of hydrogen-bond acceptors (Lipinski definition) is 9. The zero-order valence-corrected chi connectivity index (χ0v) is 19.1. The van der Waals surface area contributed by atoms with Crippen LogP contribution in [0.1, 0.15) is 20.7 Å². The van der Waals surface area contributed by atoms with E-state index in [0.717, 1.165) is 0 Å². The second kappa shape index (κ2) is 12.4. The quantitative estimate of drug-likeness (QED) is 0.285. The van der Waals surface area contributed by atoms with Crippen molar-refractivity contribution in [2.75, 3.05) is 18.4 Å². The molecule has 34 heavy (non-hydrogen) atoms. The van der Waals surface area contributed by atoms with Crippen LogP contribution in [-0.2, 0) is 33.3 Å². The molecule has 11 heteroatoms. The Morgan fingerprint density at radius 3 is 1.79 bits per heavy atom. The molecule has 3 rings (SSSR count). The molecule has 0 aromatic heterocycles. The molecule has 0 spiro atoms. The molecule has 4 atom stereocenters. The zero-order valence-electron chi connectivity index (χ0n) is 17.6. The number of hydrogen-bond donors (Lipinski definition) is 0. The average Bonchev–Trinajstić information content (AvgIpc) is 3.18. The van der Waals surface area contributed by atoms with Crippen molar-refractivity contribution in [3.63, 3.8) is 0 Å². The lowest BCUT2D eigenvalue weighted by Crippen LogP contribution is -2.43. The van der Waals surface area contributed by atoms with Crippen molar-refractivity contribution < 1.29 is 42.9 Å². The Morgan fingerprint density at radius 1 is 0.706 bits per heavy atom. The van der Waals surface area contributed by atoms with Crippen LogP contribution in [0.5, 0.6) is 0 Å². The molecule has 0 saturated carbocycles. The molecule has 0 N–H and O–H groups in total. The molecule has 0 unspecified atom stereocenters. The number of alkyl halides is 2. The number of carbonyl (C=O) groups is 4. The smallest absolute Gasteiger partial charge is 0.338 e. The number of halogens is 2. The Labute approximate surface area is 204 Å². The molecular formula is C23H20Cl2O9. The Morgan fingerprint density at radius 2 is 1.24 bits per heavy atom. The molecule has 2 aromatic carbocycles. The van der Waals surface area contributed by atoms with E-state index in [2.05, 4.69) is 0 Å². The summed E-state index contributed by atoms with van der Waals surface area (Å²) < 4.78 is 26.9. The first-order valence-electron chi connectivity index (χ1n) is 10.1. The molecule has 180 valence electrons. The van der Waals surface area contributed by atoms with Crippen molar-refractivity contribution in [3.05, 3.63) is 71.8 Å². The first-order valence-corrected chi connectivity index (χ1v) is 11.1. The Kier molecular flexibility index (Phi) is 9.26. The standard InChI is InChI=1S/C23H20Cl2O9/c24-11-17(26)32-20-19(34-22(29)15-9-5-2-6-10-15)16(31-23(20)33-18(27)12-25)13-30-21(28)14-7-3-1-4-8-14/h1-10,16,19-20,23H,11-13H2/t16-,19-,20+,23+/m1/s1. The fraction of sp³-hybridized carbons (Fsp3) is 0.304. The van der Waals surface area contributed by atoms with Crippen LogP contribution in [0.2, 0.25) is 0 Å². The van der Waals surface area contributed by atoms with Gasteiger partial charge in [-0.05, 0) is 24.3 Å². The minimum atomic E-state index is -1.48. The van der Waals surface area contributed by atoms with Crippen molar-refractivity contribution in [1.82, 2.24) is 0 Å². The van der Waals surface area contributed by atoms with Crippen LogP contribution in [0.25, 0.3) is 0 Å². The van der Waals surface area contributed by atoms with Gasteiger partial charge in [-0.1, -0.05) is 36.4 Å². The molecule has 0 aliphatic carbocycles. The minimum absolute atomic E-state index is 0.214. The van der Waals surface area contributed by atoms with Crippen molar-refractivity contribution in [2.24, 2.45) is 0 Å². The van der Waals surface area contributed by atoms with Crippen LogP contribution in [0.4, 0.5) is 0 Å². The largest absolute Gasteiger partial charge is 0.459 e. The molecule has 1 aliphatic heterocycles. The average molecular weight is 511 g/mol. The predicted molar refractivity (Wildman–Crippen MR) is 118 cm³/mol. The van der Waals surface area contributed by atoms with E-state index >= 15 is 0 Å². The highest BCUT2D eigenvalue weighted by molar-refractivity contribution is 6.26. The molecule has 0 radical (unpaired) electrons. The highest BCUT2D eigenvalue weighted by Gasteiger charge is 2.52. The Bertz CT molecular complexity index is 1000. The third kappa shape index (κ3) is 6.69. The van der Waals surface area contributed by atoms with Crippen LogP contribution in [0, 0.1) is 0 Å². The van der Waals surface area contributed by atoms with E-state index in [1.165, 1.54) is 12.1 Å². The first-order chi connectivity index (χ1) is 16.4. The third-order valence-electron chi connectivity index (χ3n) is 4.64. The highest BCUT2D eigenvalue weighted by Crippen LogP contribution is 2.29. The number of ether oxygens (including phenoxy) is 5. The van der Waals surface area contributed by atoms with Gasteiger partial charge in [-0.15, -0.1) is 23.2 Å². The molecule has 1 fully saturated rings. The number of esters is 4. The van der Waals surface area contributed by atoms with Crippen LogP contribution < -0.4 is 0 Å². The number of carbonyl (C=O) groups excluding carboxylic acids is 4. The lowest BCUT2D eigenvalue weighted by molar-refractivity contribution is -0.195. The van der Waals surface area contributed by atoms with Gasteiger partial charge >= 0.3 is 23.9 Å². The van der Waals surface area contributed by atoms with E-state index < -0.39 is 66.8 Å². The second-order valence-electron chi connectivity index (χ2n) is 6.95. The maximum atomic E-state index is 12.7. The zero-order chi connectivity index (χ0) is 24.5. The molecule has 1 heterocycles. The van der Waals surface area contributed by atoms with Gasteiger partial charge < -0.3 is 23.7 Å². The van der Waals surface area contributed by atoms with E-state index in [1.807, 2.05) is 0 Å². The molecule has 0 bridgehead atoms. The topological polar surface area (TPSA) is 114 Å². The van der Waals surface area contributed by atoms with Crippen LogP contribution in [0.3, 0.4) is 0 Å². The van der Waals surface area contributed by atoms with Gasteiger partial charge in [0.15, 0.2) is 6.10 Å². The molecule has 1 saturated heterocycles. The molecule has 9 nitrogen and oxygen atoms in total. The van der Waals surface area contributed by atoms with Crippen LogP contribution in [-0.4, -0.2) is 66.8 Å².